The van der Waals surface area contributed by atoms with E-state index in [4.69, 9.17) is 10.2 Å². The third-order valence-electron chi connectivity index (χ3n) is 3.19. The van der Waals surface area contributed by atoms with E-state index < -0.39 is 11.6 Å². The van der Waals surface area contributed by atoms with Crippen molar-refractivity contribution in [1.29, 1.82) is 0 Å². The predicted molar refractivity (Wildman–Crippen MR) is 82.0 cm³/mol. The number of aromatic hydroxyl groups is 1. The van der Waals surface area contributed by atoms with Gasteiger partial charge in [-0.05, 0) is 37.6 Å². The lowest BCUT2D eigenvalue weighted by Crippen LogP contribution is -2.22. The van der Waals surface area contributed by atoms with Gasteiger partial charge in [0.05, 0.1) is 0 Å². The number of aliphatic hydroxyl groups is 1. The summed E-state index contributed by atoms with van der Waals surface area (Å²) in [6, 6.07) is 6.64. The number of carbonyl (C=O) groups is 1. The first kappa shape index (κ1) is 16.7. The van der Waals surface area contributed by atoms with Crippen molar-refractivity contribution in [3.63, 3.8) is 0 Å². The van der Waals surface area contributed by atoms with E-state index in [1.807, 2.05) is 18.2 Å². The molecule has 21 heavy (non-hydrogen) atoms. The minimum atomic E-state index is -0.914. The summed E-state index contributed by atoms with van der Waals surface area (Å²) >= 11 is 0. The van der Waals surface area contributed by atoms with Crippen LogP contribution in [0.2, 0.25) is 0 Å². The highest BCUT2D eigenvalue weighted by molar-refractivity contribution is 5.85. The highest BCUT2D eigenvalue weighted by Crippen LogP contribution is 2.30. The van der Waals surface area contributed by atoms with Crippen LogP contribution in [0.3, 0.4) is 0 Å². The second kappa shape index (κ2) is 7.45. The van der Waals surface area contributed by atoms with E-state index in [9.17, 15) is 9.90 Å². The summed E-state index contributed by atoms with van der Waals surface area (Å²) in [5.41, 5.74) is 0.276. The summed E-state index contributed by atoms with van der Waals surface area (Å²) in [5, 5.41) is 27.5. The predicted octanol–water partition coefficient (Wildman–Crippen LogP) is 3.13. The number of hydrogen-bond acceptors (Lipinski definition) is 3. The van der Waals surface area contributed by atoms with Crippen LogP contribution in [0, 0.1) is 0 Å². The standard InChI is InChI=1S/C12H12O2.C5H8O2/c13-11-6-4-10(5-7-11)12(14)8-2-1-3-9-12;1-3-4(2)5(6)7/h1-8,13-14H,9H2;3H,1-2H3,(H,6,7). The average Bonchev–Trinajstić information content (AvgIpc) is 2.48. The first-order valence-corrected chi connectivity index (χ1v) is 6.61. The van der Waals surface area contributed by atoms with Crippen LogP contribution >= 0.6 is 0 Å². The SMILES string of the molecule is CC=C(C)C(=O)O.Oc1ccc(C2(O)C=CC=CC2)cc1. The van der Waals surface area contributed by atoms with Crippen molar-refractivity contribution in [2.45, 2.75) is 25.9 Å². The second-order valence-corrected chi connectivity index (χ2v) is 4.74. The summed E-state index contributed by atoms with van der Waals surface area (Å²) in [7, 11) is 0. The van der Waals surface area contributed by atoms with Crippen molar-refractivity contribution < 1.29 is 20.1 Å². The van der Waals surface area contributed by atoms with Crippen molar-refractivity contribution in [2.75, 3.05) is 0 Å². The molecular formula is C17H20O4. The maximum Gasteiger partial charge on any atom is 0.330 e. The Morgan fingerprint density at radius 1 is 1.24 bits per heavy atom. The first-order chi connectivity index (χ1) is 9.89. The Balaban J connectivity index is 0.000000270. The minimum Gasteiger partial charge on any atom is -0.508 e. The van der Waals surface area contributed by atoms with Crippen LogP contribution in [0.1, 0.15) is 25.8 Å². The molecule has 0 radical (unpaired) electrons. The van der Waals surface area contributed by atoms with Crippen LogP contribution in [0.25, 0.3) is 0 Å². The molecule has 3 N–H and O–H groups in total. The van der Waals surface area contributed by atoms with Gasteiger partial charge in [-0.15, -0.1) is 0 Å². The number of carboxylic acid groups (broad SMARTS) is 1. The summed E-state index contributed by atoms with van der Waals surface area (Å²) in [5.74, 6) is -0.629. The largest absolute Gasteiger partial charge is 0.508 e. The molecule has 0 aromatic heterocycles. The Kier molecular flexibility index (Phi) is 5.93. The minimum absolute atomic E-state index is 0.215. The van der Waals surface area contributed by atoms with E-state index in [0.29, 0.717) is 12.0 Å². The zero-order valence-electron chi connectivity index (χ0n) is 12.2. The zero-order valence-corrected chi connectivity index (χ0v) is 12.2. The fourth-order valence-corrected chi connectivity index (χ4v) is 1.70. The van der Waals surface area contributed by atoms with Crippen LogP contribution in [-0.4, -0.2) is 21.3 Å². The molecule has 2 rings (SSSR count). The summed E-state index contributed by atoms with van der Waals surface area (Å²) in [4.78, 5) is 9.86. The molecular weight excluding hydrogens is 268 g/mol. The van der Waals surface area contributed by atoms with Gasteiger partial charge in [0.25, 0.3) is 0 Å². The van der Waals surface area contributed by atoms with Crippen molar-refractivity contribution in [3.05, 3.63) is 65.8 Å². The number of phenolic OH excluding ortho intramolecular Hbond substituents is 1. The number of phenols is 1. The van der Waals surface area contributed by atoms with Crippen molar-refractivity contribution >= 4 is 5.97 Å². The van der Waals surface area contributed by atoms with E-state index in [0.717, 1.165) is 5.56 Å². The molecule has 0 fully saturated rings. The van der Waals surface area contributed by atoms with Crippen molar-refractivity contribution in [2.24, 2.45) is 0 Å². The van der Waals surface area contributed by atoms with Crippen LogP contribution < -0.4 is 0 Å². The summed E-state index contributed by atoms with van der Waals surface area (Å²) in [6.45, 7) is 3.26. The lowest BCUT2D eigenvalue weighted by atomic mass is 9.88. The van der Waals surface area contributed by atoms with Gasteiger partial charge < -0.3 is 15.3 Å². The Morgan fingerprint density at radius 2 is 1.86 bits per heavy atom. The molecule has 0 saturated heterocycles. The Labute approximate surface area is 124 Å². The van der Waals surface area contributed by atoms with Gasteiger partial charge in [-0.2, -0.15) is 0 Å². The average molecular weight is 288 g/mol. The van der Waals surface area contributed by atoms with Crippen LogP contribution in [0.15, 0.2) is 60.2 Å². The van der Waals surface area contributed by atoms with Gasteiger partial charge in [-0.3, -0.25) is 0 Å². The topological polar surface area (TPSA) is 77.8 Å². The van der Waals surface area contributed by atoms with E-state index in [1.165, 1.54) is 0 Å². The van der Waals surface area contributed by atoms with Crippen molar-refractivity contribution in [1.82, 2.24) is 0 Å². The van der Waals surface area contributed by atoms with Crippen LogP contribution in [-0.2, 0) is 10.4 Å². The highest BCUT2D eigenvalue weighted by atomic mass is 16.4. The monoisotopic (exact) mass is 288 g/mol. The van der Waals surface area contributed by atoms with Gasteiger partial charge in [-0.1, -0.05) is 36.4 Å². The molecule has 0 spiro atoms. The maximum absolute atomic E-state index is 10.2. The molecule has 1 aliphatic carbocycles. The second-order valence-electron chi connectivity index (χ2n) is 4.74. The van der Waals surface area contributed by atoms with E-state index in [1.54, 1.807) is 50.3 Å². The summed E-state index contributed by atoms with van der Waals surface area (Å²) < 4.78 is 0. The number of hydrogen-bond donors (Lipinski definition) is 3. The molecule has 1 atom stereocenters. The smallest absolute Gasteiger partial charge is 0.330 e. The fraction of sp³-hybridized carbons (Fsp3) is 0.235. The molecule has 4 nitrogen and oxygen atoms in total. The lowest BCUT2D eigenvalue weighted by Gasteiger charge is -2.25. The van der Waals surface area contributed by atoms with Gasteiger partial charge in [0, 0.05) is 12.0 Å². The Bertz CT molecular complexity index is 567. The molecule has 1 aliphatic rings. The number of allylic oxidation sites excluding steroid dienone is 3. The maximum atomic E-state index is 10.2. The quantitative estimate of drug-likeness (QED) is 0.731. The normalized spacial score (nSPS) is 20.6. The molecule has 0 heterocycles. The molecule has 112 valence electrons. The van der Waals surface area contributed by atoms with Gasteiger partial charge >= 0.3 is 5.97 Å². The van der Waals surface area contributed by atoms with Gasteiger partial charge in [-0.25, -0.2) is 4.79 Å². The van der Waals surface area contributed by atoms with Crippen LogP contribution in [0.4, 0.5) is 0 Å². The molecule has 0 aliphatic heterocycles. The molecule has 1 unspecified atom stereocenters. The van der Waals surface area contributed by atoms with E-state index >= 15 is 0 Å². The number of rotatable bonds is 2. The summed E-state index contributed by atoms with van der Waals surface area (Å²) in [6.07, 6.45) is 9.56. The van der Waals surface area contributed by atoms with Gasteiger partial charge in [0.15, 0.2) is 0 Å². The third-order valence-corrected chi connectivity index (χ3v) is 3.19. The molecule has 0 bridgehead atoms. The first-order valence-electron chi connectivity index (χ1n) is 6.61. The third kappa shape index (κ3) is 4.93. The fourth-order valence-electron chi connectivity index (χ4n) is 1.70. The zero-order chi connectivity index (χ0) is 15.9. The number of benzene rings is 1. The lowest BCUT2D eigenvalue weighted by molar-refractivity contribution is -0.132. The van der Waals surface area contributed by atoms with E-state index in [2.05, 4.69) is 0 Å². The molecule has 1 aromatic rings. The van der Waals surface area contributed by atoms with Gasteiger partial charge in [0.2, 0.25) is 0 Å². The Morgan fingerprint density at radius 3 is 2.24 bits per heavy atom. The molecule has 4 heteroatoms. The van der Waals surface area contributed by atoms with Gasteiger partial charge in [0.1, 0.15) is 11.4 Å². The van der Waals surface area contributed by atoms with Crippen LogP contribution in [0.5, 0.6) is 5.75 Å². The van der Waals surface area contributed by atoms with Crippen molar-refractivity contribution in [3.8, 4) is 5.75 Å². The molecule has 0 saturated carbocycles. The number of carboxylic acids is 1. The molecule has 1 aromatic carbocycles. The van der Waals surface area contributed by atoms with E-state index in [-0.39, 0.29) is 5.75 Å². The molecule has 0 amide bonds. The Hall–Kier alpha value is -2.33. The highest BCUT2D eigenvalue weighted by Gasteiger charge is 2.25. The number of aliphatic carboxylic acids is 1.